The number of anilines is 1. The normalized spacial score (nSPS) is 11.0. The zero-order chi connectivity index (χ0) is 12.3. The van der Waals surface area contributed by atoms with Crippen LogP contribution in [0.15, 0.2) is 0 Å². The van der Waals surface area contributed by atoms with Crippen LogP contribution in [0.5, 0.6) is 0 Å². The van der Waals surface area contributed by atoms with E-state index in [1.807, 2.05) is 6.92 Å². The van der Waals surface area contributed by atoms with Crippen LogP contribution in [0.3, 0.4) is 0 Å². The number of aromatic nitrogens is 2. The van der Waals surface area contributed by atoms with Crippen LogP contribution in [0, 0.1) is 5.92 Å². The summed E-state index contributed by atoms with van der Waals surface area (Å²) in [7, 11) is 0. The highest BCUT2D eigenvalue weighted by molar-refractivity contribution is 5.94. The topological polar surface area (TPSA) is 81.1 Å². The van der Waals surface area contributed by atoms with Crippen LogP contribution in [0.25, 0.3) is 0 Å². The Labute approximate surface area is 95.3 Å². The monoisotopic (exact) mass is 225 g/mol. The lowest BCUT2D eigenvalue weighted by atomic mass is 10.1. The highest BCUT2D eigenvalue weighted by Crippen LogP contribution is 2.18. The number of nitrogens with zero attached hydrogens (tertiary/aromatic N) is 2. The first-order chi connectivity index (χ1) is 7.47. The van der Waals surface area contributed by atoms with E-state index in [4.69, 9.17) is 10.8 Å². The van der Waals surface area contributed by atoms with E-state index in [1.165, 1.54) is 0 Å². The molecule has 3 N–H and O–H groups in total. The van der Waals surface area contributed by atoms with Crippen molar-refractivity contribution in [3.8, 4) is 0 Å². The van der Waals surface area contributed by atoms with Crippen LogP contribution in [0.4, 0.5) is 5.82 Å². The van der Waals surface area contributed by atoms with Gasteiger partial charge in [0.2, 0.25) is 0 Å². The average molecular weight is 225 g/mol. The predicted octanol–water partition coefficient (Wildman–Crippen LogP) is 1.77. The molecule has 1 aromatic heterocycles. The first-order valence-electron chi connectivity index (χ1n) is 5.55. The second-order valence-electron chi connectivity index (χ2n) is 4.27. The van der Waals surface area contributed by atoms with Gasteiger partial charge in [-0.1, -0.05) is 20.8 Å². The van der Waals surface area contributed by atoms with Crippen molar-refractivity contribution >= 4 is 11.8 Å². The third-order valence-corrected chi connectivity index (χ3v) is 2.53. The van der Waals surface area contributed by atoms with E-state index in [9.17, 15) is 4.79 Å². The molecule has 0 fully saturated rings. The van der Waals surface area contributed by atoms with Crippen molar-refractivity contribution in [2.75, 3.05) is 5.73 Å². The van der Waals surface area contributed by atoms with E-state index < -0.39 is 5.97 Å². The predicted molar refractivity (Wildman–Crippen MR) is 62.4 cm³/mol. The molecule has 1 heterocycles. The Morgan fingerprint density at radius 1 is 1.56 bits per heavy atom. The summed E-state index contributed by atoms with van der Waals surface area (Å²) in [4.78, 5) is 11.0. The smallest absolute Gasteiger partial charge is 0.341 e. The highest BCUT2D eigenvalue weighted by atomic mass is 16.4. The molecule has 5 heteroatoms. The molecule has 16 heavy (non-hydrogen) atoms. The molecule has 5 nitrogen and oxygen atoms in total. The fraction of sp³-hybridized carbons (Fsp3) is 0.636. The summed E-state index contributed by atoms with van der Waals surface area (Å²) in [6, 6.07) is 0. The Kier molecular flexibility index (Phi) is 3.93. The maximum absolute atomic E-state index is 11.0. The van der Waals surface area contributed by atoms with E-state index in [-0.39, 0.29) is 11.4 Å². The largest absolute Gasteiger partial charge is 0.477 e. The fourth-order valence-corrected chi connectivity index (χ4v) is 1.56. The minimum Gasteiger partial charge on any atom is -0.477 e. The molecule has 0 atom stereocenters. The van der Waals surface area contributed by atoms with Crippen molar-refractivity contribution in [3.05, 3.63) is 11.3 Å². The molecule has 0 saturated heterocycles. The molecule has 0 radical (unpaired) electrons. The number of carbonyl (C=O) groups is 1. The number of aryl methyl sites for hydroxylation is 2. The van der Waals surface area contributed by atoms with Gasteiger partial charge < -0.3 is 10.8 Å². The first kappa shape index (κ1) is 12.5. The molecular weight excluding hydrogens is 206 g/mol. The summed E-state index contributed by atoms with van der Waals surface area (Å²) in [6.07, 6.45) is 1.52. The van der Waals surface area contributed by atoms with E-state index >= 15 is 0 Å². The van der Waals surface area contributed by atoms with Gasteiger partial charge in [-0.15, -0.1) is 0 Å². The van der Waals surface area contributed by atoms with Crippen molar-refractivity contribution in [1.82, 2.24) is 9.78 Å². The molecule has 0 saturated carbocycles. The lowest BCUT2D eigenvalue weighted by Crippen LogP contribution is -2.09. The average Bonchev–Trinajstić information content (AvgIpc) is 2.52. The Hall–Kier alpha value is -1.52. The Morgan fingerprint density at radius 2 is 2.19 bits per heavy atom. The van der Waals surface area contributed by atoms with Gasteiger partial charge in [0.05, 0.1) is 5.69 Å². The lowest BCUT2D eigenvalue weighted by molar-refractivity contribution is 0.0697. The van der Waals surface area contributed by atoms with Crippen molar-refractivity contribution in [3.63, 3.8) is 0 Å². The Morgan fingerprint density at radius 3 is 2.56 bits per heavy atom. The minimum absolute atomic E-state index is 0.159. The van der Waals surface area contributed by atoms with Crippen LogP contribution in [0.2, 0.25) is 0 Å². The lowest BCUT2D eigenvalue weighted by Gasteiger charge is -2.06. The van der Waals surface area contributed by atoms with Gasteiger partial charge in [0, 0.05) is 6.54 Å². The molecule has 1 aromatic rings. The number of hydrogen-bond acceptors (Lipinski definition) is 3. The molecule has 0 aliphatic rings. The van der Waals surface area contributed by atoms with E-state index in [0.29, 0.717) is 24.6 Å². The maximum Gasteiger partial charge on any atom is 0.341 e. The van der Waals surface area contributed by atoms with Gasteiger partial charge in [0.15, 0.2) is 0 Å². The second kappa shape index (κ2) is 5.01. The van der Waals surface area contributed by atoms with Crippen LogP contribution in [-0.2, 0) is 13.0 Å². The first-order valence-corrected chi connectivity index (χ1v) is 5.55. The quantitative estimate of drug-likeness (QED) is 0.800. The van der Waals surface area contributed by atoms with Gasteiger partial charge in [-0.2, -0.15) is 5.10 Å². The zero-order valence-electron chi connectivity index (χ0n) is 10.0. The summed E-state index contributed by atoms with van der Waals surface area (Å²) in [5.41, 5.74) is 6.51. The molecule has 0 aliphatic heterocycles. The molecule has 0 amide bonds. The van der Waals surface area contributed by atoms with Crippen molar-refractivity contribution < 1.29 is 9.90 Å². The summed E-state index contributed by atoms with van der Waals surface area (Å²) in [5.74, 6) is -0.183. The summed E-state index contributed by atoms with van der Waals surface area (Å²) in [5, 5.41) is 13.3. The number of hydrogen-bond donors (Lipinski definition) is 2. The number of carboxylic acids is 1. The molecule has 90 valence electrons. The van der Waals surface area contributed by atoms with Crippen LogP contribution >= 0.6 is 0 Å². The van der Waals surface area contributed by atoms with Crippen LogP contribution < -0.4 is 5.73 Å². The van der Waals surface area contributed by atoms with Gasteiger partial charge in [-0.3, -0.25) is 0 Å². The van der Waals surface area contributed by atoms with Crippen molar-refractivity contribution in [1.29, 1.82) is 0 Å². The van der Waals surface area contributed by atoms with Gasteiger partial charge in [-0.05, 0) is 18.8 Å². The number of nitrogen functional groups attached to an aromatic ring is 1. The summed E-state index contributed by atoms with van der Waals surface area (Å²) < 4.78 is 1.60. The zero-order valence-corrected chi connectivity index (χ0v) is 10.0. The van der Waals surface area contributed by atoms with E-state index in [1.54, 1.807) is 4.68 Å². The van der Waals surface area contributed by atoms with Crippen LogP contribution in [0.1, 0.15) is 43.2 Å². The standard InChI is InChI=1S/C11H19N3O2/c1-4-8-9(11(15)16)10(12)14(13-8)6-5-7(2)3/h7H,4-6,12H2,1-3H3,(H,15,16). The molecule has 0 unspecified atom stereocenters. The number of nitrogens with two attached hydrogens (primary N) is 1. The van der Waals surface area contributed by atoms with Gasteiger partial charge in [0.25, 0.3) is 0 Å². The number of rotatable bonds is 5. The van der Waals surface area contributed by atoms with Crippen molar-refractivity contribution in [2.45, 2.75) is 40.2 Å². The molecule has 0 spiro atoms. The summed E-state index contributed by atoms with van der Waals surface area (Å²) in [6.45, 7) is 6.77. The van der Waals surface area contributed by atoms with E-state index in [0.717, 1.165) is 6.42 Å². The number of aromatic carboxylic acids is 1. The SMILES string of the molecule is CCc1nn(CCC(C)C)c(N)c1C(=O)O. The molecular formula is C11H19N3O2. The van der Waals surface area contributed by atoms with Crippen LogP contribution in [-0.4, -0.2) is 20.9 Å². The van der Waals surface area contributed by atoms with Gasteiger partial charge in [0.1, 0.15) is 11.4 Å². The highest BCUT2D eigenvalue weighted by Gasteiger charge is 2.20. The van der Waals surface area contributed by atoms with Gasteiger partial charge >= 0.3 is 5.97 Å². The van der Waals surface area contributed by atoms with Crippen molar-refractivity contribution in [2.24, 2.45) is 5.92 Å². The molecule has 0 aromatic carbocycles. The fourth-order valence-electron chi connectivity index (χ4n) is 1.56. The third kappa shape index (κ3) is 2.53. The van der Waals surface area contributed by atoms with E-state index in [2.05, 4.69) is 18.9 Å². The Bertz CT molecular complexity index is 383. The number of carboxylic acid groups (broad SMARTS) is 1. The third-order valence-electron chi connectivity index (χ3n) is 2.53. The van der Waals surface area contributed by atoms with Gasteiger partial charge in [-0.25, -0.2) is 9.48 Å². The Balaban J connectivity index is 2.99. The maximum atomic E-state index is 11.0. The molecule has 0 bridgehead atoms. The second-order valence-corrected chi connectivity index (χ2v) is 4.27. The molecule has 0 aliphatic carbocycles. The molecule has 1 rings (SSSR count). The summed E-state index contributed by atoms with van der Waals surface area (Å²) >= 11 is 0. The minimum atomic E-state index is -0.995.